The van der Waals surface area contributed by atoms with E-state index in [4.69, 9.17) is 0 Å². The summed E-state index contributed by atoms with van der Waals surface area (Å²) in [6.45, 7) is 4.37. The number of rotatable bonds is 5. The van der Waals surface area contributed by atoms with Gasteiger partial charge in [-0.15, -0.1) is 12.4 Å². The Labute approximate surface area is 161 Å². The van der Waals surface area contributed by atoms with Crippen molar-refractivity contribution in [3.05, 3.63) is 29.8 Å². The van der Waals surface area contributed by atoms with Gasteiger partial charge in [-0.05, 0) is 68.3 Å². The van der Waals surface area contributed by atoms with E-state index in [1.54, 1.807) is 6.92 Å². The Morgan fingerprint density at radius 1 is 1.19 bits per heavy atom. The summed E-state index contributed by atoms with van der Waals surface area (Å²) in [7, 11) is 0. The van der Waals surface area contributed by atoms with Crippen molar-refractivity contribution < 1.29 is 9.59 Å². The van der Waals surface area contributed by atoms with Crippen molar-refractivity contribution in [1.82, 2.24) is 10.2 Å². The van der Waals surface area contributed by atoms with Crippen LogP contribution in [-0.4, -0.2) is 35.8 Å². The lowest BCUT2D eigenvalue weighted by atomic mass is 9.92. The zero-order valence-electron chi connectivity index (χ0n) is 15.3. The van der Waals surface area contributed by atoms with Crippen LogP contribution in [0.2, 0.25) is 0 Å². The fourth-order valence-electron chi connectivity index (χ4n) is 4.20. The van der Waals surface area contributed by atoms with Crippen LogP contribution >= 0.6 is 12.4 Å². The third kappa shape index (κ3) is 4.04. The molecule has 2 amide bonds. The van der Waals surface area contributed by atoms with E-state index in [2.05, 4.69) is 10.6 Å². The number of benzene rings is 1. The number of hydrogen-bond acceptors (Lipinski definition) is 3. The monoisotopic (exact) mass is 377 g/mol. The fourth-order valence-corrected chi connectivity index (χ4v) is 4.20. The Morgan fingerprint density at radius 3 is 2.42 bits per heavy atom. The Morgan fingerprint density at radius 2 is 1.85 bits per heavy atom. The Kier molecular flexibility index (Phi) is 5.58. The van der Waals surface area contributed by atoms with E-state index in [-0.39, 0.29) is 35.6 Å². The Bertz CT molecular complexity index is 666. The number of anilines is 1. The summed E-state index contributed by atoms with van der Waals surface area (Å²) in [5, 5.41) is 6.45. The van der Waals surface area contributed by atoms with Gasteiger partial charge in [0.2, 0.25) is 11.8 Å². The predicted octanol–water partition coefficient (Wildman–Crippen LogP) is 2.95. The van der Waals surface area contributed by atoms with Gasteiger partial charge in [-0.2, -0.15) is 0 Å². The van der Waals surface area contributed by atoms with Gasteiger partial charge in [-0.1, -0.05) is 12.1 Å². The van der Waals surface area contributed by atoms with Gasteiger partial charge in [0.05, 0.1) is 0 Å². The van der Waals surface area contributed by atoms with E-state index < -0.39 is 0 Å². The van der Waals surface area contributed by atoms with Gasteiger partial charge in [-0.25, -0.2) is 0 Å². The van der Waals surface area contributed by atoms with Gasteiger partial charge in [0.15, 0.2) is 0 Å². The molecule has 0 radical (unpaired) electrons. The summed E-state index contributed by atoms with van der Waals surface area (Å²) in [4.78, 5) is 26.2. The third-order valence-electron chi connectivity index (χ3n) is 6.07. The van der Waals surface area contributed by atoms with Crippen LogP contribution in [0.3, 0.4) is 0 Å². The normalized spacial score (nSPS) is 23.0. The summed E-state index contributed by atoms with van der Waals surface area (Å²) in [6, 6.07) is 8.36. The van der Waals surface area contributed by atoms with Crippen LogP contribution in [0.1, 0.15) is 44.6 Å². The first-order chi connectivity index (χ1) is 12.1. The minimum Gasteiger partial charge on any atom is -0.336 e. The Balaban J connectivity index is 0.00000196. The van der Waals surface area contributed by atoms with Crippen molar-refractivity contribution in [1.29, 1.82) is 0 Å². The molecular formula is C20H28ClN3O2. The SMILES string of the molecule is CC(=O)N(Cc1ccc(NC(=O)C2CC23CCNCC3)cc1)C1CC1.Cl. The minimum absolute atomic E-state index is 0. The molecule has 3 fully saturated rings. The maximum Gasteiger partial charge on any atom is 0.228 e. The maximum atomic E-state index is 12.5. The molecule has 3 aliphatic rings. The largest absolute Gasteiger partial charge is 0.336 e. The lowest BCUT2D eigenvalue weighted by Gasteiger charge is -2.23. The first-order valence-electron chi connectivity index (χ1n) is 9.45. The fraction of sp³-hybridized carbons (Fsp3) is 0.600. The molecule has 1 saturated heterocycles. The van der Waals surface area contributed by atoms with Crippen LogP contribution in [0, 0.1) is 11.3 Å². The quantitative estimate of drug-likeness (QED) is 0.829. The van der Waals surface area contributed by atoms with E-state index in [1.807, 2.05) is 29.2 Å². The highest BCUT2D eigenvalue weighted by Crippen LogP contribution is 2.58. The molecule has 0 aromatic heterocycles. The van der Waals surface area contributed by atoms with Crippen LogP contribution in [-0.2, 0) is 16.1 Å². The van der Waals surface area contributed by atoms with E-state index in [1.165, 1.54) is 0 Å². The van der Waals surface area contributed by atoms with E-state index >= 15 is 0 Å². The molecule has 1 unspecified atom stereocenters. The lowest BCUT2D eigenvalue weighted by molar-refractivity contribution is -0.130. The van der Waals surface area contributed by atoms with Crippen LogP contribution in [0.4, 0.5) is 5.69 Å². The van der Waals surface area contributed by atoms with E-state index in [0.717, 1.165) is 56.4 Å². The average molecular weight is 378 g/mol. The molecule has 2 N–H and O–H groups in total. The van der Waals surface area contributed by atoms with Crippen LogP contribution in [0.25, 0.3) is 0 Å². The molecule has 4 rings (SSSR count). The van der Waals surface area contributed by atoms with Crippen LogP contribution in [0.5, 0.6) is 0 Å². The summed E-state index contributed by atoms with van der Waals surface area (Å²) in [5.41, 5.74) is 2.23. The van der Waals surface area contributed by atoms with Gasteiger partial charge in [-0.3, -0.25) is 9.59 Å². The zero-order valence-corrected chi connectivity index (χ0v) is 16.1. The number of nitrogens with zero attached hydrogens (tertiary/aromatic N) is 1. The second-order valence-corrected chi connectivity index (χ2v) is 7.93. The molecule has 6 heteroatoms. The van der Waals surface area contributed by atoms with Gasteiger partial charge < -0.3 is 15.5 Å². The van der Waals surface area contributed by atoms with Crippen molar-refractivity contribution in [2.45, 2.75) is 51.6 Å². The average Bonchev–Trinajstić information content (AvgIpc) is 3.52. The highest BCUT2D eigenvalue weighted by molar-refractivity contribution is 5.95. The third-order valence-corrected chi connectivity index (χ3v) is 6.07. The second kappa shape index (κ2) is 7.57. The first kappa shape index (κ1) is 19.2. The molecule has 1 aliphatic heterocycles. The predicted molar refractivity (Wildman–Crippen MR) is 104 cm³/mol. The standard InChI is InChI=1S/C20H27N3O2.ClH/c1-14(24)23(17-6-7-17)13-15-2-4-16(5-3-15)22-19(25)18-12-20(18)8-10-21-11-9-20;/h2-5,17-18,21H,6-13H2,1H3,(H,22,25);1H. The molecule has 1 aromatic rings. The molecule has 142 valence electrons. The van der Waals surface area contributed by atoms with Crippen molar-refractivity contribution >= 4 is 29.9 Å². The number of nitrogens with one attached hydrogen (secondary N) is 2. The number of piperidine rings is 1. The zero-order chi connectivity index (χ0) is 17.4. The first-order valence-corrected chi connectivity index (χ1v) is 9.45. The van der Waals surface area contributed by atoms with Gasteiger partial charge in [0, 0.05) is 31.1 Å². The molecule has 1 atom stereocenters. The molecule has 1 aromatic carbocycles. The number of halogens is 1. The summed E-state index contributed by atoms with van der Waals surface area (Å²) in [5.74, 6) is 0.483. The number of hydrogen-bond donors (Lipinski definition) is 2. The number of carbonyl (C=O) groups excluding carboxylic acids is 2. The van der Waals surface area contributed by atoms with E-state index in [9.17, 15) is 9.59 Å². The van der Waals surface area contributed by atoms with Crippen LogP contribution in [0.15, 0.2) is 24.3 Å². The van der Waals surface area contributed by atoms with Gasteiger partial charge in [0.25, 0.3) is 0 Å². The van der Waals surface area contributed by atoms with Crippen molar-refractivity contribution in [3.8, 4) is 0 Å². The van der Waals surface area contributed by atoms with Gasteiger partial charge >= 0.3 is 0 Å². The minimum atomic E-state index is 0. The molecule has 5 nitrogen and oxygen atoms in total. The smallest absolute Gasteiger partial charge is 0.228 e. The highest BCUT2D eigenvalue weighted by atomic mass is 35.5. The molecule has 2 saturated carbocycles. The molecule has 1 heterocycles. The van der Waals surface area contributed by atoms with Crippen LogP contribution < -0.4 is 10.6 Å². The van der Waals surface area contributed by atoms with Crippen molar-refractivity contribution in [2.75, 3.05) is 18.4 Å². The summed E-state index contributed by atoms with van der Waals surface area (Å²) in [6.07, 6.45) is 5.50. The molecule has 0 bridgehead atoms. The number of amides is 2. The van der Waals surface area contributed by atoms with Crippen molar-refractivity contribution in [3.63, 3.8) is 0 Å². The van der Waals surface area contributed by atoms with E-state index in [0.29, 0.717) is 12.6 Å². The molecule has 26 heavy (non-hydrogen) atoms. The topological polar surface area (TPSA) is 61.4 Å². The Hall–Kier alpha value is -1.59. The molecule has 1 spiro atoms. The maximum absolute atomic E-state index is 12.5. The van der Waals surface area contributed by atoms with Gasteiger partial charge in [0.1, 0.15) is 0 Å². The molecular weight excluding hydrogens is 350 g/mol. The second-order valence-electron chi connectivity index (χ2n) is 7.93. The summed E-state index contributed by atoms with van der Waals surface area (Å²) < 4.78 is 0. The number of carbonyl (C=O) groups is 2. The lowest BCUT2D eigenvalue weighted by Crippen LogP contribution is -2.31. The highest BCUT2D eigenvalue weighted by Gasteiger charge is 2.57. The summed E-state index contributed by atoms with van der Waals surface area (Å²) >= 11 is 0. The van der Waals surface area contributed by atoms with Crippen molar-refractivity contribution in [2.24, 2.45) is 11.3 Å². The molecule has 2 aliphatic carbocycles.